The van der Waals surface area contributed by atoms with Gasteiger partial charge in [-0.1, -0.05) is 19.9 Å². The fourth-order valence-corrected chi connectivity index (χ4v) is 4.82. The summed E-state index contributed by atoms with van der Waals surface area (Å²) < 4.78 is 5.37. The van der Waals surface area contributed by atoms with Gasteiger partial charge < -0.3 is 15.2 Å². The second-order valence-electron chi connectivity index (χ2n) is 6.71. The fourth-order valence-electron chi connectivity index (χ4n) is 4.82. The number of hydrogen-bond donors (Lipinski definition) is 2. The summed E-state index contributed by atoms with van der Waals surface area (Å²) in [5.41, 5.74) is 1.14. The van der Waals surface area contributed by atoms with Crippen LogP contribution in [0.25, 0.3) is 0 Å². The molecule has 1 aromatic rings. The first-order valence-electron chi connectivity index (χ1n) is 8.74. The van der Waals surface area contributed by atoms with Crippen LogP contribution in [0.4, 0.5) is 0 Å². The molecule has 1 saturated carbocycles. The summed E-state index contributed by atoms with van der Waals surface area (Å²) in [6.45, 7) is 4.86. The average Bonchev–Trinajstić information content (AvgIpc) is 2.57. The zero-order valence-corrected chi connectivity index (χ0v) is 14.3. The Morgan fingerprint density at radius 1 is 1.30 bits per heavy atom. The van der Waals surface area contributed by atoms with Crippen LogP contribution in [0.2, 0.25) is 0 Å². The Balaban J connectivity index is 0.000000753. The number of nitrogens with one attached hydrogen (secondary N) is 1. The van der Waals surface area contributed by atoms with Crippen LogP contribution in [0, 0.1) is 0 Å². The Morgan fingerprint density at radius 3 is 2.83 bits per heavy atom. The van der Waals surface area contributed by atoms with Gasteiger partial charge in [-0.25, -0.2) is 0 Å². The van der Waals surface area contributed by atoms with Crippen LogP contribution in [-0.2, 0) is 16.6 Å². The monoisotopic (exact) mass is 317 g/mol. The Hall–Kier alpha value is -1.39. The number of methoxy groups -OCH3 is 1. The van der Waals surface area contributed by atoms with Crippen LogP contribution in [0.1, 0.15) is 50.7 Å². The number of rotatable bonds is 1. The minimum absolute atomic E-state index is 0.0558. The summed E-state index contributed by atoms with van der Waals surface area (Å²) in [5, 5.41) is 14.9. The second-order valence-corrected chi connectivity index (χ2v) is 6.71. The van der Waals surface area contributed by atoms with Crippen molar-refractivity contribution in [3.8, 4) is 5.75 Å². The standard InChI is InChI=1S/C17H21NO3.C2H6/c1-21-13-3-2-11-8-15-17(20)5-4-12(19)10-16(17,6-7-18-15)14(11)9-13;1-2/h2-3,9,15,18,20H,4-8,10H2,1H3;1-2H3. The van der Waals surface area contributed by atoms with Gasteiger partial charge in [-0.05, 0) is 49.1 Å². The maximum absolute atomic E-state index is 12.2. The lowest BCUT2D eigenvalue weighted by molar-refractivity contribution is -0.149. The molecular weight excluding hydrogens is 290 g/mol. The molecule has 2 N–H and O–H groups in total. The molecule has 0 radical (unpaired) electrons. The molecule has 1 heterocycles. The number of aliphatic hydroxyl groups is 1. The molecule has 23 heavy (non-hydrogen) atoms. The van der Waals surface area contributed by atoms with Gasteiger partial charge in [0.15, 0.2) is 0 Å². The number of ether oxygens (including phenoxy) is 1. The SMILES string of the molecule is CC.COc1ccc2c(c1)C13CCNC(C2)C1(O)CCC(=O)C3. The van der Waals surface area contributed by atoms with Crippen molar-refractivity contribution >= 4 is 5.78 Å². The Labute approximate surface area is 138 Å². The van der Waals surface area contributed by atoms with E-state index in [1.807, 2.05) is 26.0 Å². The van der Waals surface area contributed by atoms with Crippen molar-refractivity contribution in [1.29, 1.82) is 0 Å². The lowest BCUT2D eigenvalue weighted by atomic mass is 9.50. The van der Waals surface area contributed by atoms with E-state index in [0.29, 0.717) is 19.3 Å². The van der Waals surface area contributed by atoms with E-state index < -0.39 is 11.0 Å². The van der Waals surface area contributed by atoms with E-state index in [-0.39, 0.29) is 11.8 Å². The van der Waals surface area contributed by atoms with Crippen molar-refractivity contribution in [2.45, 2.75) is 63.0 Å². The van der Waals surface area contributed by atoms with Crippen LogP contribution in [0.15, 0.2) is 18.2 Å². The number of Topliss-reactive ketones (excluding diaryl/α,β-unsaturated/α-hetero) is 1. The molecule has 3 unspecified atom stereocenters. The number of hydrogen-bond acceptors (Lipinski definition) is 4. The quantitative estimate of drug-likeness (QED) is 0.835. The molecular formula is C19H27NO3. The largest absolute Gasteiger partial charge is 0.497 e. The van der Waals surface area contributed by atoms with Crippen molar-refractivity contribution < 1.29 is 14.6 Å². The molecule has 3 aliphatic rings. The fraction of sp³-hybridized carbons (Fsp3) is 0.632. The topological polar surface area (TPSA) is 58.6 Å². The number of benzene rings is 1. The zero-order chi connectivity index (χ0) is 16.7. The molecule has 1 saturated heterocycles. The molecule has 0 spiro atoms. The Kier molecular flexibility index (Phi) is 4.23. The van der Waals surface area contributed by atoms with E-state index in [1.54, 1.807) is 7.11 Å². The van der Waals surface area contributed by atoms with Gasteiger partial charge in [-0.15, -0.1) is 0 Å². The average molecular weight is 317 g/mol. The normalized spacial score (nSPS) is 34.6. The maximum atomic E-state index is 12.2. The van der Waals surface area contributed by atoms with Gasteiger partial charge in [0, 0.05) is 24.3 Å². The van der Waals surface area contributed by atoms with Crippen molar-refractivity contribution in [2.75, 3.05) is 13.7 Å². The molecule has 3 atom stereocenters. The molecule has 4 heteroatoms. The van der Waals surface area contributed by atoms with Crippen molar-refractivity contribution in [3.05, 3.63) is 29.3 Å². The molecule has 2 aliphatic carbocycles. The highest BCUT2D eigenvalue weighted by atomic mass is 16.5. The number of carbonyl (C=O) groups excluding carboxylic acids is 1. The summed E-state index contributed by atoms with van der Waals surface area (Å²) >= 11 is 0. The molecule has 2 bridgehead atoms. The number of carbonyl (C=O) groups is 1. The molecule has 0 aromatic heterocycles. The first-order valence-corrected chi connectivity index (χ1v) is 8.74. The van der Waals surface area contributed by atoms with Gasteiger partial charge in [0.2, 0.25) is 0 Å². The van der Waals surface area contributed by atoms with Gasteiger partial charge in [-0.2, -0.15) is 0 Å². The summed E-state index contributed by atoms with van der Waals surface area (Å²) in [5.74, 6) is 1.08. The third-order valence-electron chi connectivity index (χ3n) is 5.89. The van der Waals surface area contributed by atoms with Gasteiger partial charge in [0.1, 0.15) is 11.5 Å². The van der Waals surface area contributed by atoms with Gasteiger partial charge in [0.25, 0.3) is 0 Å². The van der Waals surface area contributed by atoms with Gasteiger partial charge in [-0.3, -0.25) is 4.79 Å². The number of fused-ring (bicyclic) bond motifs is 1. The van der Waals surface area contributed by atoms with E-state index in [9.17, 15) is 9.90 Å². The highest BCUT2D eigenvalue weighted by Crippen LogP contribution is 2.55. The molecule has 126 valence electrons. The summed E-state index contributed by atoms with van der Waals surface area (Å²) in [4.78, 5) is 12.2. The van der Waals surface area contributed by atoms with E-state index in [4.69, 9.17) is 4.74 Å². The lowest BCUT2D eigenvalue weighted by Gasteiger charge is -2.60. The maximum Gasteiger partial charge on any atom is 0.134 e. The summed E-state index contributed by atoms with van der Waals surface area (Å²) in [6.07, 6.45) is 3.16. The van der Waals surface area contributed by atoms with Crippen molar-refractivity contribution in [1.82, 2.24) is 5.32 Å². The Morgan fingerprint density at radius 2 is 2.09 bits per heavy atom. The van der Waals surface area contributed by atoms with Gasteiger partial charge in [0.05, 0.1) is 12.7 Å². The van der Waals surface area contributed by atoms with E-state index in [2.05, 4.69) is 11.4 Å². The van der Waals surface area contributed by atoms with Crippen LogP contribution in [0.3, 0.4) is 0 Å². The molecule has 4 rings (SSSR count). The summed E-state index contributed by atoms with van der Waals surface area (Å²) in [7, 11) is 1.66. The van der Waals surface area contributed by atoms with Crippen LogP contribution >= 0.6 is 0 Å². The first-order chi connectivity index (χ1) is 11.1. The third kappa shape index (κ3) is 2.23. The smallest absolute Gasteiger partial charge is 0.134 e. The lowest BCUT2D eigenvalue weighted by Crippen LogP contribution is -2.72. The molecule has 1 aromatic carbocycles. The third-order valence-corrected chi connectivity index (χ3v) is 5.89. The Bertz CT molecular complexity index is 615. The molecule has 2 fully saturated rings. The van der Waals surface area contributed by atoms with Crippen molar-refractivity contribution in [2.24, 2.45) is 0 Å². The first kappa shape index (κ1) is 16.5. The predicted molar refractivity (Wildman–Crippen MR) is 89.9 cm³/mol. The molecule has 0 amide bonds. The van der Waals surface area contributed by atoms with E-state index in [1.165, 1.54) is 5.56 Å². The number of piperidine rings is 1. The summed E-state index contributed by atoms with van der Waals surface area (Å²) in [6, 6.07) is 6.16. The minimum atomic E-state index is -0.807. The number of ketones is 1. The van der Waals surface area contributed by atoms with Crippen molar-refractivity contribution in [3.63, 3.8) is 0 Å². The van der Waals surface area contributed by atoms with Gasteiger partial charge >= 0.3 is 0 Å². The van der Waals surface area contributed by atoms with E-state index >= 15 is 0 Å². The highest BCUT2D eigenvalue weighted by molar-refractivity contribution is 5.82. The second kappa shape index (κ2) is 5.91. The van der Waals surface area contributed by atoms with Crippen LogP contribution in [-0.4, -0.2) is 36.2 Å². The zero-order valence-electron chi connectivity index (χ0n) is 14.3. The minimum Gasteiger partial charge on any atom is -0.497 e. The molecule has 1 aliphatic heterocycles. The van der Waals surface area contributed by atoms with Crippen LogP contribution in [0.5, 0.6) is 5.75 Å². The predicted octanol–water partition coefficient (Wildman–Crippen LogP) is 2.36. The van der Waals surface area contributed by atoms with Crippen LogP contribution < -0.4 is 10.1 Å². The van der Waals surface area contributed by atoms with E-state index in [0.717, 1.165) is 30.7 Å². The molecule has 4 nitrogen and oxygen atoms in total. The highest BCUT2D eigenvalue weighted by Gasteiger charge is 2.62.